The Morgan fingerprint density at radius 1 is 1.21 bits per heavy atom. The van der Waals surface area contributed by atoms with Gasteiger partial charge in [0.1, 0.15) is 9.71 Å². The molecule has 1 amide bonds. The van der Waals surface area contributed by atoms with E-state index in [-0.39, 0.29) is 28.6 Å². The molecule has 0 saturated heterocycles. The van der Waals surface area contributed by atoms with Crippen molar-refractivity contribution < 1.29 is 19.4 Å². The second kappa shape index (κ2) is 8.16. The Kier molecular flexibility index (Phi) is 5.83. The van der Waals surface area contributed by atoms with Gasteiger partial charge in [-0.3, -0.25) is 10.1 Å². The molecule has 0 bridgehead atoms. The van der Waals surface area contributed by atoms with E-state index in [1.165, 1.54) is 0 Å². The summed E-state index contributed by atoms with van der Waals surface area (Å²) in [5.41, 5.74) is 2.27. The lowest BCUT2D eigenvalue weighted by atomic mass is 10.1. The Balaban J connectivity index is 2.06. The first kappa shape index (κ1) is 20.7. The van der Waals surface area contributed by atoms with Gasteiger partial charge >= 0.3 is 5.97 Å². The van der Waals surface area contributed by atoms with Gasteiger partial charge in [-0.05, 0) is 39.2 Å². The number of imidazole rings is 1. The number of carboxylic acids is 1. The number of nitrogens with zero attached hydrogens (tertiary/aromatic N) is 3. The van der Waals surface area contributed by atoms with Gasteiger partial charge in [-0.1, -0.05) is 13.8 Å². The van der Waals surface area contributed by atoms with Gasteiger partial charge in [-0.15, -0.1) is 11.3 Å². The van der Waals surface area contributed by atoms with Gasteiger partial charge < -0.3 is 14.8 Å². The molecule has 29 heavy (non-hydrogen) atoms. The van der Waals surface area contributed by atoms with Crippen molar-refractivity contribution in [1.82, 2.24) is 19.9 Å². The second-order valence-corrected chi connectivity index (χ2v) is 7.73. The number of rotatable bonds is 7. The predicted molar refractivity (Wildman–Crippen MR) is 110 cm³/mol. The molecule has 0 aromatic carbocycles. The summed E-state index contributed by atoms with van der Waals surface area (Å²) >= 11 is 1.04. The minimum atomic E-state index is -1.02. The topological polar surface area (TPSA) is 130 Å². The SMILES string of the molecule is CCc1nc(C(=O)Nc2nc(OC(C)C)c3c(CC)c(C(=O)O)sc3n2)[nH]c1C. The molecule has 10 heteroatoms. The van der Waals surface area contributed by atoms with Gasteiger partial charge in [0.25, 0.3) is 5.91 Å². The third kappa shape index (κ3) is 4.07. The third-order valence-corrected chi connectivity index (χ3v) is 5.39. The molecule has 0 aliphatic carbocycles. The zero-order chi connectivity index (χ0) is 21.3. The first-order valence-electron chi connectivity index (χ1n) is 9.35. The van der Waals surface area contributed by atoms with E-state index in [2.05, 4.69) is 25.3 Å². The number of carbonyl (C=O) groups excluding carboxylic acids is 1. The smallest absolute Gasteiger partial charge is 0.346 e. The van der Waals surface area contributed by atoms with Crippen LogP contribution in [0.2, 0.25) is 0 Å². The number of H-pyrrole nitrogens is 1. The maximum absolute atomic E-state index is 12.6. The molecule has 3 N–H and O–H groups in total. The first-order chi connectivity index (χ1) is 13.7. The van der Waals surface area contributed by atoms with E-state index in [1.54, 1.807) is 0 Å². The average molecular weight is 417 g/mol. The summed E-state index contributed by atoms with van der Waals surface area (Å²) in [6, 6.07) is 0. The summed E-state index contributed by atoms with van der Waals surface area (Å²) in [6.07, 6.45) is 1.02. The molecule has 3 aromatic rings. The number of ether oxygens (including phenoxy) is 1. The maximum atomic E-state index is 12.6. The van der Waals surface area contributed by atoms with Crippen LogP contribution >= 0.6 is 11.3 Å². The van der Waals surface area contributed by atoms with Crippen LogP contribution in [0, 0.1) is 6.92 Å². The molecule has 0 radical (unpaired) electrons. The highest BCUT2D eigenvalue weighted by Crippen LogP contribution is 2.37. The van der Waals surface area contributed by atoms with Crippen LogP contribution in [0.5, 0.6) is 5.88 Å². The van der Waals surface area contributed by atoms with Crippen LogP contribution in [-0.2, 0) is 12.8 Å². The average Bonchev–Trinajstić information content (AvgIpc) is 3.21. The molecular weight excluding hydrogens is 394 g/mol. The number of aromatic carboxylic acids is 1. The summed E-state index contributed by atoms with van der Waals surface area (Å²) in [7, 11) is 0. The number of hydrogen-bond acceptors (Lipinski definition) is 7. The molecule has 0 spiro atoms. The van der Waals surface area contributed by atoms with Gasteiger partial charge in [0.2, 0.25) is 11.8 Å². The van der Waals surface area contributed by atoms with Crippen LogP contribution in [0.4, 0.5) is 5.95 Å². The standard InChI is InChI=1S/C19H23N5O4S/c1-6-10-12-16(28-8(3)4)23-19(24-17(12)29-13(10)18(26)27)22-15(25)14-20-9(5)11(7-2)21-14/h8H,6-7H2,1-5H3,(H,20,21)(H,26,27)(H,22,23,24,25). The molecule has 3 aromatic heterocycles. The van der Waals surface area contributed by atoms with Crippen molar-refractivity contribution >= 4 is 39.4 Å². The Labute approximate surface area is 171 Å². The van der Waals surface area contributed by atoms with Gasteiger partial charge in [0, 0.05) is 5.69 Å². The fraction of sp³-hybridized carbons (Fsp3) is 0.421. The number of thiophene rings is 1. The second-order valence-electron chi connectivity index (χ2n) is 6.73. The number of anilines is 1. The fourth-order valence-electron chi connectivity index (χ4n) is 3.01. The molecular formula is C19H23N5O4S. The van der Waals surface area contributed by atoms with Crippen LogP contribution < -0.4 is 10.1 Å². The van der Waals surface area contributed by atoms with Gasteiger partial charge in [-0.25, -0.2) is 14.8 Å². The van der Waals surface area contributed by atoms with Crippen LogP contribution in [0.1, 0.15) is 64.9 Å². The molecule has 3 rings (SSSR count). The van der Waals surface area contributed by atoms with E-state index in [0.29, 0.717) is 28.6 Å². The maximum Gasteiger partial charge on any atom is 0.346 e. The zero-order valence-corrected chi connectivity index (χ0v) is 17.7. The number of aryl methyl sites for hydroxylation is 3. The highest BCUT2D eigenvalue weighted by molar-refractivity contribution is 7.20. The van der Waals surface area contributed by atoms with Crippen molar-refractivity contribution in [2.24, 2.45) is 0 Å². The van der Waals surface area contributed by atoms with Crippen LogP contribution in [0.15, 0.2) is 0 Å². The number of fused-ring (bicyclic) bond motifs is 1. The lowest BCUT2D eigenvalue weighted by Gasteiger charge is -2.12. The Morgan fingerprint density at radius 3 is 2.48 bits per heavy atom. The van der Waals surface area contributed by atoms with Crippen LogP contribution in [0.25, 0.3) is 10.2 Å². The lowest BCUT2D eigenvalue weighted by molar-refractivity contribution is 0.0701. The molecule has 0 aliphatic rings. The van der Waals surface area contributed by atoms with E-state index in [4.69, 9.17) is 4.74 Å². The number of nitrogens with one attached hydrogen (secondary N) is 2. The summed E-state index contributed by atoms with van der Waals surface area (Å²) in [4.78, 5) is 40.8. The number of amides is 1. The minimum Gasteiger partial charge on any atom is -0.477 e. The lowest BCUT2D eigenvalue weighted by Crippen LogP contribution is -2.17. The molecule has 0 saturated carbocycles. The third-order valence-electron chi connectivity index (χ3n) is 4.27. The number of carbonyl (C=O) groups is 2. The van der Waals surface area contributed by atoms with Crippen molar-refractivity contribution in [2.75, 3.05) is 5.32 Å². The molecule has 3 heterocycles. The van der Waals surface area contributed by atoms with Crippen molar-refractivity contribution in [1.29, 1.82) is 0 Å². The van der Waals surface area contributed by atoms with E-state index < -0.39 is 11.9 Å². The van der Waals surface area contributed by atoms with Crippen molar-refractivity contribution in [3.8, 4) is 5.88 Å². The minimum absolute atomic E-state index is 0.0334. The summed E-state index contributed by atoms with van der Waals surface area (Å²) in [5, 5.41) is 12.7. The van der Waals surface area contributed by atoms with Crippen LogP contribution in [-0.4, -0.2) is 43.0 Å². The molecule has 0 unspecified atom stereocenters. The zero-order valence-electron chi connectivity index (χ0n) is 16.9. The van der Waals surface area contributed by atoms with Crippen molar-refractivity contribution in [3.05, 3.63) is 27.7 Å². The number of hydrogen-bond donors (Lipinski definition) is 3. The monoisotopic (exact) mass is 417 g/mol. The van der Waals surface area contributed by atoms with Crippen LogP contribution in [0.3, 0.4) is 0 Å². The Hall–Kier alpha value is -3.01. The fourth-order valence-corrected chi connectivity index (χ4v) is 4.10. The molecule has 0 atom stereocenters. The molecule has 9 nitrogen and oxygen atoms in total. The normalized spacial score (nSPS) is 11.2. The highest BCUT2D eigenvalue weighted by atomic mass is 32.1. The predicted octanol–water partition coefficient (Wildman–Crippen LogP) is 3.59. The van der Waals surface area contributed by atoms with E-state index >= 15 is 0 Å². The van der Waals surface area contributed by atoms with Gasteiger partial charge in [0.15, 0.2) is 5.82 Å². The molecule has 0 fully saturated rings. The van der Waals surface area contributed by atoms with Crippen molar-refractivity contribution in [2.45, 2.75) is 53.6 Å². The summed E-state index contributed by atoms with van der Waals surface area (Å²) in [6.45, 7) is 9.37. The van der Waals surface area contributed by atoms with Gasteiger partial charge in [0.05, 0.1) is 17.2 Å². The van der Waals surface area contributed by atoms with E-state index in [9.17, 15) is 14.7 Å². The van der Waals surface area contributed by atoms with E-state index in [1.807, 2.05) is 34.6 Å². The Bertz CT molecular complexity index is 1090. The molecule has 0 aliphatic heterocycles. The number of carboxylic acid groups (broad SMARTS) is 1. The quantitative estimate of drug-likeness (QED) is 0.535. The summed E-state index contributed by atoms with van der Waals surface area (Å²) in [5.74, 6) is -1.05. The van der Waals surface area contributed by atoms with E-state index in [0.717, 1.165) is 22.7 Å². The van der Waals surface area contributed by atoms with Gasteiger partial charge in [-0.2, -0.15) is 4.98 Å². The first-order valence-corrected chi connectivity index (χ1v) is 10.2. The largest absolute Gasteiger partial charge is 0.477 e. The highest BCUT2D eigenvalue weighted by Gasteiger charge is 2.24. The number of aromatic nitrogens is 4. The van der Waals surface area contributed by atoms with Crippen molar-refractivity contribution in [3.63, 3.8) is 0 Å². The Morgan fingerprint density at radius 2 is 1.93 bits per heavy atom. The molecule has 154 valence electrons. The number of aromatic amines is 1. The summed E-state index contributed by atoms with van der Waals surface area (Å²) < 4.78 is 5.82.